The SMILES string of the molecule is CCCC(=O)OCC1OC(N2C=CCC(C(N)=O)=C2)[C@H](OC(=O)CCC)[C@@H]1OC(=O)CCC. The molecule has 1 fully saturated rings. The lowest BCUT2D eigenvalue weighted by molar-refractivity contribution is -0.169. The molecule has 0 spiro atoms. The van der Waals surface area contributed by atoms with E-state index in [0.29, 0.717) is 31.3 Å². The molecule has 0 radical (unpaired) electrons. The third-order valence-electron chi connectivity index (χ3n) is 5.12. The molecule has 2 aliphatic heterocycles. The second kappa shape index (κ2) is 13.0. The van der Waals surface area contributed by atoms with Crippen molar-refractivity contribution in [1.29, 1.82) is 0 Å². The zero-order valence-corrected chi connectivity index (χ0v) is 19.5. The second-order valence-corrected chi connectivity index (χ2v) is 7.96. The van der Waals surface area contributed by atoms with Crippen molar-refractivity contribution in [3.63, 3.8) is 0 Å². The summed E-state index contributed by atoms with van der Waals surface area (Å²) in [6.07, 6.45) is 3.85. The molecule has 2 heterocycles. The number of nitrogens with zero attached hydrogens (tertiary/aromatic N) is 1. The number of ether oxygens (including phenoxy) is 4. The van der Waals surface area contributed by atoms with E-state index in [0.717, 1.165) is 0 Å². The van der Waals surface area contributed by atoms with Crippen LogP contribution in [0, 0.1) is 0 Å². The van der Waals surface area contributed by atoms with E-state index in [1.54, 1.807) is 17.2 Å². The summed E-state index contributed by atoms with van der Waals surface area (Å²) in [6.45, 7) is 5.36. The molecule has 10 heteroatoms. The average Bonchev–Trinajstić information content (AvgIpc) is 3.09. The van der Waals surface area contributed by atoms with Crippen molar-refractivity contribution in [2.24, 2.45) is 5.73 Å². The first-order chi connectivity index (χ1) is 15.8. The van der Waals surface area contributed by atoms with Crippen LogP contribution in [0.25, 0.3) is 0 Å². The molecule has 0 aromatic heterocycles. The van der Waals surface area contributed by atoms with Crippen LogP contribution in [0.5, 0.6) is 0 Å². The summed E-state index contributed by atoms with van der Waals surface area (Å²) in [5, 5.41) is 0. The van der Waals surface area contributed by atoms with Gasteiger partial charge in [-0.2, -0.15) is 0 Å². The van der Waals surface area contributed by atoms with E-state index in [1.807, 2.05) is 20.8 Å². The maximum Gasteiger partial charge on any atom is 0.306 e. The minimum absolute atomic E-state index is 0.174. The Kier molecular flexibility index (Phi) is 10.4. The third kappa shape index (κ3) is 7.59. The molecule has 0 saturated carbocycles. The largest absolute Gasteiger partial charge is 0.463 e. The molecule has 10 nitrogen and oxygen atoms in total. The van der Waals surface area contributed by atoms with Gasteiger partial charge in [0.25, 0.3) is 0 Å². The molecule has 0 aliphatic carbocycles. The second-order valence-electron chi connectivity index (χ2n) is 7.96. The Hall–Kier alpha value is -2.88. The van der Waals surface area contributed by atoms with Gasteiger partial charge in [0.2, 0.25) is 5.91 Å². The summed E-state index contributed by atoms with van der Waals surface area (Å²) in [5.41, 5.74) is 5.77. The fraction of sp³-hybridized carbons (Fsp3) is 0.652. The van der Waals surface area contributed by atoms with Gasteiger partial charge in [-0.25, -0.2) is 0 Å². The molecule has 0 aromatic rings. The highest BCUT2D eigenvalue weighted by Gasteiger charge is 2.52. The Morgan fingerprint density at radius 2 is 1.55 bits per heavy atom. The first-order valence-electron chi connectivity index (χ1n) is 11.4. The average molecular weight is 467 g/mol. The van der Waals surface area contributed by atoms with Crippen molar-refractivity contribution >= 4 is 23.8 Å². The number of carbonyl (C=O) groups is 4. The topological polar surface area (TPSA) is 134 Å². The molecule has 2 unspecified atom stereocenters. The molecular formula is C23H34N2O8. The molecule has 2 rings (SSSR count). The Labute approximate surface area is 194 Å². The quantitative estimate of drug-likeness (QED) is 0.339. The fourth-order valence-electron chi connectivity index (χ4n) is 3.53. The van der Waals surface area contributed by atoms with Crippen molar-refractivity contribution < 1.29 is 38.1 Å². The number of esters is 3. The Bertz CT molecular complexity index is 778. The summed E-state index contributed by atoms with van der Waals surface area (Å²) < 4.78 is 22.7. The molecule has 2 aliphatic rings. The normalized spacial score (nSPS) is 24.2. The molecular weight excluding hydrogens is 432 g/mol. The monoisotopic (exact) mass is 466 g/mol. The molecule has 0 bridgehead atoms. The number of carbonyl (C=O) groups excluding carboxylic acids is 4. The van der Waals surface area contributed by atoms with Crippen molar-refractivity contribution in [2.75, 3.05) is 6.61 Å². The first kappa shape index (κ1) is 26.4. The predicted molar refractivity (Wildman–Crippen MR) is 117 cm³/mol. The summed E-state index contributed by atoms with van der Waals surface area (Å²) in [5.74, 6) is -1.94. The van der Waals surface area contributed by atoms with E-state index >= 15 is 0 Å². The predicted octanol–water partition coefficient (Wildman–Crippen LogP) is 2.07. The number of hydrogen-bond acceptors (Lipinski definition) is 9. The van der Waals surface area contributed by atoms with Gasteiger partial charge in [-0.3, -0.25) is 19.2 Å². The van der Waals surface area contributed by atoms with Gasteiger partial charge in [-0.15, -0.1) is 0 Å². The lowest BCUT2D eigenvalue weighted by Crippen LogP contribution is -2.45. The Morgan fingerprint density at radius 3 is 2.12 bits per heavy atom. The minimum Gasteiger partial charge on any atom is -0.463 e. The maximum atomic E-state index is 12.4. The van der Waals surface area contributed by atoms with Gasteiger partial charge in [0.1, 0.15) is 12.7 Å². The third-order valence-corrected chi connectivity index (χ3v) is 5.12. The lowest BCUT2D eigenvalue weighted by atomic mass is 10.1. The smallest absolute Gasteiger partial charge is 0.306 e. The maximum absolute atomic E-state index is 12.4. The van der Waals surface area contributed by atoms with Crippen LogP contribution < -0.4 is 5.73 Å². The van der Waals surface area contributed by atoms with Gasteiger partial charge in [0.15, 0.2) is 18.4 Å². The van der Waals surface area contributed by atoms with Crippen LogP contribution >= 0.6 is 0 Å². The van der Waals surface area contributed by atoms with Gasteiger partial charge in [-0.1, -0.05) is 26.8 Å². The Morgan fingerprint density at radius 1 is 0.970 bits per heavy atom. The van der Waals surface area contributed by atoms with Crippen molar-refractivity contribution in [2.45, 2.75) is 90.3 Å². The van der Waals surface area contributed by atoms with Gasteiger partial charge in [-0.05, 0) is 25.7 Å². The number of primary amides is 1. The summed E-state index contributed by atoms with van der Waals surface area (Å²) >= 11 is 0. The number of allylic oxidation sites excluding steroid dienone is 1. The molecule has 2 N–H and O–H groups in total. The fourth-order valence-corrected chi connectivity index (χ4v) is 3.53. The van der Waals surface area contributed by atoms with Crippen LogP contribution in [0.3, 0.4) is 0 Å². The van der Waals surface area contributed by atoms with Crippen LogP contribution in [0.1, 0.15) is 65.7 Å². The van der Waals surface area contributed by atoms with E-state index < -0.39 is 48.4 Å². The molecule has 184 valence electrons. The van der Waals surface area contributed by atoms with Crippen molar-refractivity contribution in [1.82, 2.24) is 4.90 Å². The van der Waals surface area contributed by atoms with Gasteiger partial charge in [0.05, 0.1) is 0 Å². The Balaban J connectivity index is 2.33. The molecule has 1 saturated heterocycles. The number of rotatable bonds is 12. The first-order valence-corrected chi connectivity index (χ1v) is 11.4. The van der Waals surface area contributed by atoms with Crippen LogP contribution in [0.2, 0.25) is 0 Å². The summed E-state index contributed by atoms with van der Waals surface area (Å²) in [6, 6.07) is 0. The highest BCUT2D eigenvalue weighted by molar-refractivity contribution is 5.92. The lowest BCUT2D eigenvalue weighted by Gasteiger charge is -2.31. The zero-order valence-electron chi connectivity index (χ0n) is 19.5. The molecule has 4 atom stereocenters. The van der Waals surface area contributed by atoms with Crippen molar-refractivity contribution in [3.8, 4) is 0 Å². The molecule has 0 aromatic carbocycles. The van der Waals surface area contributed by atoms with E-state index in [9.17, 15) is 19.2 Å². The molecule has 1 amide bonds. The van der Waals surface area contributed by atoms with E-state index in [4.69, 9.17) is 24.7 Å². The number of hydrogen-bond donors (Lipinski definition) is 1. The van der Waals surface area contributed by atoms with E-state index in [-0.39, 0.29) is 25.9 Å². The number of amides is 1. The molecule has 33 heavy (non-hydrogen) atoms. The highest BCUT2D eigenvalue weighted by atomic mass is 16.7. The summed E-state index contributed by atoms with van der Waals surface area (Å²) in [7, 11) is 0. The van der Waals surface area contributed by atoms with E-state index in [1.165, 1.54) is 6.20 Å². The van der Waals surface area contributed by atoms with Gasteiger partial charge >= 0.3 is 17.9 Å². The number of nitrogens with two attached hydrogens (primary N) is 1. The van der Waals surface area contributed by atoms with E-state index in [2.05, 4.69) is 0 Å². The van der Waals surface area contributed by atoms with Gasteiger partial charge in [0, 0.05) is 37.2 Å². The van der Waals surface area contributed by atoms with Crippen molar-refractivity contribution in [3.05, 3.63) is 24.0 Å². The van der Waals surface area contributed by atoms with Crippen LogP contribution in [-0.2, 0) is 38.1 Å². The van der Waals surface area contributed by atoms with Crippen LogP contribution in [-0.4, -0.2) is 59.9 Å². The summed E-state index contributed by atoms with van der Waals surface area (Å²) in [4.78, 5) is 49.9. The van der Waals surface area contributed by atoms with Crippen LogP contribution in [0.15, 0.2) is 24.0 Å². The van der Waals surface area contributed by atoms with Crippen LogP contribution in [0.4, 0.5) is 0 Å². The van der Waals surface area contributed by atoms with Gasteiger partial charge < -0.3 is 29.6 Å². The highest BCUT2D eigenvalue weighted by Crippen LogP contribution is 2.32. The minimum atomic E-state index is -1.01. The standard InChI is InChI=1S/C23H34N2O8/c1-4-8-17(26)30-14-16-20(32-18(27)9-5-2)21(33-19(28)10-6-3)23(31-16)25-12-7-11-15(13-25)22(24)29/h7,12-13,16,20-21,23H,4-6,8-11,14H2,1-3H3,(H2,24,29)/t16?,20-,21-,23?/m1/s1. The zero-order chi connectivity index (χ0) is 24.4.